The summed E-state index contributed by atoms with van der Waals surface area (Å²) in [4.78, 5) is 28.1. The molecule has 2 N–H and O–H groups in total. The van der Waals surface area contributed by atoms with Crippen molar-refractivity contribution in [2.45, 2.75) is 32.1 Å². The number of benzene rings is 2. The van der Waals surface area contributed by atoms with E-state index in [1.165, 1.54) is 6.92 Å². The number of nitrogens with one attached hydrogen (secondary N) is 2. The van der Waals surface area contributed by atoms with Gasteiger partial charge >= 0.3 is 0 Å². The molecule has 35 heavy (non-hydrogen) atoms. The molecule has 1 saturated heterocycles. The topological polar surface area (TPSA) is 73.9 Å². The lowest BCUT2D eigenvalue weighted by Gasteiger charge is -2.36. The molecule has 2 aliphatic rings. The fourth-order valence-electron chi connectivity index (χ4n) is 4.65. The molecule has 2 aromatic rings. The molecule has 0 bridgehead atoms. The number of carbonyl (C=O) groups excluding carboxylic acids is 2. The van der Waals surface area contributed by atoms with Crippen LogP contribution in [0.5, 0.6) is 5.75 Å². The lowest BCUT2D eigenvalue weighted by molar-refractivity contribution is -0.120. The summed E-state index contributed by atoms with van der Waals surface area (Å²) in [5, 5.41) is 6.96. The summed E-state index contributed by atoms with van der Waals surface area (Å²) in [7, 11) is 0. The first-order valence-electron chi connectivity index (χ1n) is 12.1. The zero-order chi connectivity index (χ0) is 24.8. The Morgan fingerprint density at radius 2 is 1.94 bits per heavy atom. The van der Waals surface area contributed by atoms with Gasteiger partial charge in [0, 0.05) is 63.7 Å². The summed E-state index contributed by atoms with van der Waals surface area (Å²) >= 11 is 12.5. The van der Waals surface area contributed by atoms with Crippen molar-refractivity contribution in [3.63, 3.8) is 0 Å². The lowest BCUT2D eigenvalue weighted by atomic mass is 9.90. The second-order valence-electron chi connectivity index (χ2n) is 9.09. The number of fused-ring (bicyclic) bond motifs is 1. The quantitative estimate of drug-likeness (QED) is 0.476. The van der Waals surface area contributed by atoms with Gasteiger partial charge in [-0.1, -0.05) is 35.3 Å². The Bertz CT molecular complexity index is 1060. The molecular formula is C26H32Cl2N4O3. The Balaban J connectivity index is 1.18. The van der Waals surface area contributed by atoms with Gasteiger partial charge in [0.05, 0.1) is 22.3 Å². The number of hydrogen-bond acceptors (Lipinski definition) is 5. The second kappa shape index (κ2) is 12.0. The molecule has 2 heterocycles. The molecule has 0 saturated carbocycles. The summed E-state index contributed by atoms with van der Waals surface area (Å²) in [6.45, 7) is 7.45. The van der Waals surface area contributed by atoms with Crippen molar-refractivity contribution in [3.8, 4) is 5.75 Å². The summed E-state index contributed by atoms with van der Waals surface area (Å²) in [5.41, 5.74) is 2.81. The number of unbranched alkanes of at least 4 members (excludes halogenated alkanes) is 1. The third-order valence-corrected chi connectivity index (χ3v) is 7.36. The van der Waals surface area contributed by atoms with E-state index < -0.39 is 0 Å². The number of rotatable bonds is 9. The van der Waals surface area contributed by atoms with Crippen LogP contribution in [0, 0.1) is 0 Å². The van der Waals surface area contributed by atoms with Gasteiger partial charge in [0.15, 0.2) is 0 Å². The Hall–Kier alpha value is -2.48. The second-order valence-corrected chi connectivity index (χ2v) is 9.88. The van der Waals surface area contributed by atoms with Crippen molar-refractivity contribution in [1.82, 2.24) is 10.2 Å². The smallest absolute Gasteiger partial charge is 0.225 e. The third-order valence-electron chi connectivity index (χ3n) is 6.55. The van der Waals surface area contributed by atoms with E-state index in [0.29, 0.717) is 29.6 Å². The van der Waals surface area contributed by atoms with Gasteiger partial charge in [0.25, 0.3) is 0 Å². The lowest BCUT2D eigenvalue weighted by Crippen LogP contribution is -2.46. The average molecular weight is 519 g/mol. The maximum Gasteiger partial charge on any atom is 0.225 e. The van der Waals surface area contributed by atoms with Crippen LogP contribution in [-0.2, 0) is 9.59 Å². The number of ether oxygens (including phenoxy) is 1. The van der Waals surface area contributed by atoms with E-state index in [9.17, 15) is 9.59 Å². The predicted molar refractivity (Wildman–Crippen MR) is 141 cm³/mol. The minimum atomic E-state index is -0.0927. The van der Waals surface area contributed by atoms with Crippen LogP contribution in [0.15, 0.2) is 36.4 Å². The first-order valence-corrected chi connectivity index (χ1v) is 12.9. The van der Waals surface area contributed by atoms with Crippen molar-refractivity contribution in [3.05, 3.63) is 52.0 Å². The highest BCUT2D eigenvalue weighted by atomic mass is 35.5. The van der Waals surface area contributed by atoms with E-state index >= 15 is 0 Å². The number of amides is 2. The minimum absolute atomic E-state index is 0.0212. The largest absolute Gasteiger partial charge is 0.494 e. The number of carbonyl (C=O) groups is 2. The summed E-state index contributed by atoms with van der Waals surface area (Å²) in [6.07, 6.45) is 2.38. The van der Waals surface area contributed by atoms with E-state index in [0.717, 1.165) is 68.3 Å². The third kappa shape index (κ3) is 6.81. The standard InChI is InChI=1S/C26H32Cl2N4O3/c1-18(33)29-17-19-15-25(34)30-23-16-20(7-8-21(19)23)35-14-3-2-9-31-10-12-32(13-11-31)24-6-4-5-22(27)26(24)28/h4-8,16,19H,2-3,9-15,17H2,1H3,(H,29,33)(H,30,34). The Morgan fingerprint density at radius 1 is 1.14 bits per heavy atom. The summed E-state index contributed by atoms with van der Waals surface area (Å²) in [6, 6.07) is 11.6. The van der Waals surface area contributed by atoms with Crippen LogP contribution in [0.1, 0.15) is 37.7 Å². The molecule has 0 radical (unpaired) electrons. The van der Waals surface area contributed by atoms with E-state index in [1.54, 1.807) is 0 Å². The number of piperazine rings is 1. The first kappa shape index (κ1) is 25.6. The normalized spacial score (nSPS) is 18.1. The molecule has 9 heteroatoms. The van der Waals surface area contributed by atoms with Gasteiger partial charge in [-0.15, -0.1) is 0 Å². The molecule has 188 valence electrons. The van der Waals surface area contributed by atoms with Gasteiger partial charge in [-0.05, 0) is 43.1 Å². The predicted octanol–water partition coefficient (Wildman–Crippen LogP) is 4.54. The number of hydrogen-bond donors (Lipinski definition) is 2. The minimum Gasteiger partial charge on any atom is -0.494 e. The Kier molecular flexibility index (Phi) is 8.76. The zero-order valence-corrected chi connectivity index (χ0v) is 21.5. The van der Waals surface area contributed by atoms with Gasteiger partial charge in [0.1, 0.15) is 5.75 Å². The molecular weight excluding hydrogens is 487 g/mol. The maximum atomic E-state index is 12.1. The van der Waals surface area contributed by atoms with Gasteiger partial charge < -0.3 is 20.3 Å². The molecule has 2 aromatic carbocycles. The van der Waals surface area contributed by atoms with E-state index in [2.05, 4.69) is 20.4 Å². The Morgan fingerprint density at radius 3 is 2.71 bits per heavy atom. The first-order chi connectivity index (χ1) is 16.9. The van der Waals surface area contributed by atoms with Crippen molar-refractivity contribution < 1.29 is 14.3 Å². The molecule has 0 aliphatic carbocycles. The molecule has 1 unspecified atom stereocenters. The number of halogens is 2. The highest BCUT2D eigenvalue weighted by Crippen LogP contribution is 2.35. The van der Waals surface area contributed by atoms with Crippen LogP contribution in [0.4, 0.5) is 11.4 Å². The van der Waals surface area contributed by atoms with Crippen LogP contribution in [0.25, 0.3) is 0 Å². The van der Waals surface area contributed by atoms with Crippen molar-refractivity contribution >= 4 is 46.4 Å². The zero-order valence-electron chi connectivity index (χ0n) is 20.0. The highest BCUT2D eigenvalue weighted by Gasteiger charge is 2.25. The summed E-state index contributed by atoms with van der Waals surface area (Å²) < 4.78 is 5.95. The molecule has 2 aliphatic heterocycles. The van der Waals surface area contributed by atoms with Crippen LogP contribution in [0.2, 0.25) is 10.0 Å². The molecule has 1 fully saturated rings. The van der Waals surface area contributed by atoms with Crippen molar-refractivity contribution in [2.75, 3.05) is 56.1 Å². The molecule has 2 amide bonds. The van der Waals surface area contributed by atoms with Crippen LogP contribution in [0.3, 0.4) is 0 Å². The van der Waals surface area contributed by atoms with Gasteiger partial charge in [-0.25, -0.2) is 0 Å². The van der Waals surface area contributed by atoms with E-state index in [4.69, 9.17) is 27.9 Å². The highest BCUT2D eigenvalue weighted by molar-refractivity contribution is 6.43. The van der Waals surface area contributed by atoms with Gasteiger partial charge in [0.2, 0.25) is 11.8 Å². The monoisotopic (exact) mass is 518 g/mol. The van der Waals surface area contributed by atoms with E-state index in [-0.39, 0.29) is 17.7 Å². The summed E-state index contributed by atoms with van der Waals surface area (Å²) in [5.74, 6) is 0.593. The molecule has 4 rings (SSSR count). The maximum absolute atomic E-state index is 12.1. The van der Waals surface area contributed by atoms with Crippen LogP contribution >= 0.6 is 23.2 Å². The molecule has 0 aromatic heterocycles. The van der Waals surface area contributed by atoms with E-state index in [1.807, 2.05) is 36.4 Å². The number of anilines is 2. The number of nitrogens with zero attached hydrogens (tertiary/aromatic N) is 2. The van der Waals surface area contributed by atoms with Gasteiger partial charge in [-0.3, -0.25) is 14.5 Å². The Labute approximate surface area is 216 Å². The average Bonchev–Trinajstić information content (AvgIpc) is 2.84. The fraction of sp³-hybridized carbons (Fsp3) is 0.462. The molecule has 7 nitrogen and oxygen atoms in total. The van der Waals surface area contributed by atoms with Crippen LogP contribution < -0.4 is 20.3 Å². The SMILES string of the molecule is CC(=O)NCC1CC(=O)Nc2cc(OCCCCN3CCN(c4cccc(Cl)c4Cl)CC3)ccc21. The van der Waals surface area contributed by atoms with Crippen LogP contribution in [-0.4, -0.2) is 62.6 Å². The fourth-order valence-corrected chi connectivity index (χ4v) is 5.07. The molecule has 0 spiro atoms. The van der Waals surface area contributed by atoms with Crippen molar-refractivity contribution in [1.29, 1.82) is 0 Å². The van der Waals surface area contributed by atoms with Crippen molar-refractivity contribution in [2.24, 2.45) is 0 Å². The molecule has 1 atom stereocenters. The van der Waals surface area contributed by atoms with Gasteiger partial charge in [-0.2, -0.15) is 0 Å².